The van der Waals surface area contributed by atoms with E-state index in [0.717, 1.165) is 12.5 Å². The van der Waals surface area contributed by atoms with E-state index in [1.54, 1.807) is 0 Å². The van der Waals surface area contributed by atoms with E-state index in [0.29, 0.717) is 13.2 Å². The number of rotatable bonds is 5. The Morgan fingerprint density at radius 1 is 1.46 bits per heavy atom. The molecule has 0 aromatic heterocycles. The van der Waals surface area contributed by atoms with Crippen molar-refractivity contribution in [3.8, 4) is 0 Å². The first-order valence-electron chi connectivity index (χ1n) is 4.39. The Labute approximate surface area is 79.4 Å². The van der Waals surface area contributed by atoms with Crippen LogP contribution in [0.5, 0.6) is 0 Å². The van der Waals surface area contributed by atoms with Gasteiger partial charge in [-0.3, -0.25) is 0 Å². The van der Waals surface area contributed by atoms with Crippen LogP contribution in [0.4, 0.5) is 0 Å². The molecule has 0 heterocycles. The average Bonchev–Trinajstić information content (AvgIpc) is 1.93. The van der Waals surface area contributed by atoms with Gasteiger partial charge in [-0.05, 0) is 11.8 Å². The molecule has 1 N–H and O–H groups in total. The van der Waals surface area contributed by atoms with E-state index in [4.69, 9.17) is 9.84 Å². The van der Waals surface area contributed by atoms with Crippen molar-refractivity contribution in [1.29, 1.82) is 0 Å². The summed E-state index contributed by atoms with van der Waals surface area (Å²) in [5, 5.41) is 8.26. The topological polar surface area (TPSA) is 46.5 Å². The zero-order valence-corrected chi connectivity index (χ0v) is 8.54. The number of aliphatic carboxylic acids is 1. The minimum absolute atomic E-state index is 0.274. The third kappa shape index (κ3) is 11.2. The number of carbonyl (C=O) groups is 1. The monoisotopic (exact) mass is 186 g/mol. The zero-order chi connectivity index (χ0) is 10.3. The fraction of sp³-hybridized carbons (Fsp3) is 0.700. The highest BCUT2D eigenvalue weighted by Crippen LogP contribution is 2.17. The predicted molar refractivity (Wildman–Crippen MR) is 51.7 cm³/mol. The normalized spacial score (nSPS) is 12.2. The number of hydrogen-bond donors (Lipinski definition) is 1. The summed E-state index contributed by atoms with van der Waals surface area (Å²) in [6.45, 7) is 7.48. The van der Waals surface area contributed by atoms with Gasteiger partial charge in [0.15, 0.2) is 0 Å². The summed E-state index contributed by atoms with van der Waals surface area (Å²) in [7, 11) is 0. The highest BCUT2D eigenvalue weighted by molar-refractivity contribution is 5.79. The van der Waals surface area contributed by atoms with Crippen molar-refractivity contribution in [2.75, 3.05) is 13.2 Å². The highest BCUT2D eigenvalue weighted by Gasteiger charge is 2.08. The first-order valence-corrected chi connectivity index (χ1v) is 4.39. The lowest BCUT2D eigenvalue weighted by Crippen LogP contribution is -2.09. The van der Waals surface area contributed by atoms with E-state index in [-0.39, 0.29) is 5.41 Å². The van der Waals surface area contributed by atoms with Crippen molar-refractivity contribution in [2.45, 2.75) is 27.2 Å². The number of hydrogen-bond acceptors (Lipinski definition) is 2. The SMILES string of the molecule is CC(C)(C)CCOC/C=C/C(=O)O. The fourth-order valence-corrected chi connectivity index (χ4v) is 0.679. The lowest BCUT2D eigenvalue weighted by molar-refractivity contribution is -0.131. The standard InChI is InChI=1S/C10H18O3/c1-10(2,3)6-8-13-7-4-5-9(11)12/h4-5H,6-8H2,1-3H3,(H,11,12)/b5-4+. The molecule has 0 radical (unpaired) electrons. The molecule has 0 aromatic rings. The van der Waals surface area contributed by atoms with Gasteiger partial charge in [-0.2, -0.15) is 0 Å². The van der Waals surface area contributed by atoms with Crippen molar-refractivity contribution >= 4 is 5.97 Å². The van der Waals surface area contributed by atoms with E-state index >= 15 is 0 Å². The van der Waals surface area contributed by atoms with Crippen LogP contribution in [0, 0.1) is 5.41 Å². The summed E-state index contributed by atoms with van der Waals surface area (Å²) in [5.74, 6) is -0.931. The van der Waals surface area contributed by atoms with E-state index in [1.807, 2.05) is 0 Å². The van der Waals surface area contributed by atoms with Crippen molar-refractivity contribution in [1.82, 2.24) is 0 Å². The molecule has 0 rings (SSSR count). The fourth-order valence-electron chi connectivity index (χ4n) is 0.679. The molecule has 0 bridgehead atoms. The maximum atomic E-state index is 10.0. The molecule has 0 saturated carbocycles. The van der Waals surface area contributed by atoms with Crippen LogP contribution in [0.1, 0.15) is 27.2 Å². The average molecular weight is 186 g/mol. The van der Waals surface area contributed by atoms with Crippen LogP contribution in [0.2, 0.25) is 0 Å². The van der Waals surface area contributed by atoms with E-state index < -0.39 is 5.97 Å². The minimum atomic E-state index is -0.931. The quantitative estimate of drug-likeness (QED) is 0.528. The van der Waals surface area contributed by atoms with Gasteiger partial charge in [0, 0.05) is 12.7 Å². The van der Waals surface area contributed by atoms with Crippen molar-refractivity contribution in [3.63, 3.8) is 0 Å². The Morgan fingerprint density at radius 2 is 2.08 bits per heavy atom. The van der Waals surface area contributed by atoms with Crippen LogP contribution < -0.4 is 0 Å². The van der Waals surface area contributed by atoms with E-state index in [9.17, 15) is 4.79 Å². The summed E-state index contributed by atoms with van der Waals surface area (Å²) >= 11 is 0. The van der Waals surface area contributed by atoms with Gasteiger partial charge in [0.2, 0.25) is 0 Å². The maximum Gasteiger partial charge on any atom is 0.328 e. The molecule has 3 nitrogen and oxygen atoms in total. The number of ether oxygens (including phenoxy) is 1. The van der Waals surface area contributed by atoms with Gasteiger partial charge < -0.3 is 9.84 Å². The number of carboxylic acid groups (broad SMARTS) is 1. The Kier molecular flexibility index (Phi) is 5.39. The lowest BCUT2D eigenvalue weighted by atomic mass is 9.93. The third-order valence-electron chi connectivity index (χ3n) is 1.47. The first-order chi connectivity index (χ1) is 5.92. The highest BCUT2D eigenvalue weighted by atomic mass is 16.5. The molecule has 3 heteroatoms. The molecule has 0 aliphatic rings. The van der Waals surface area contributed by atoms with Gasteiger partial charge in [-0.15, -0.1) is 0 Å². The Balaban J connectivity index is 3.32. The zero-order valence-electron chi connectivity index (χ0n) is 8.54. The molecule has 0 unspecified atom stereocenters. The summed E-state index contributed by atoms with van der Waals surface area (Å²) in [6.07, 6.45) is 3.58. The van der Waals surface area contributed by atoms with Crippen molar-refractivity contribution in [3.05, 3.63) is 12.2 Å². The minimum Gasteiger partial charge on any atom is -0.478 e. The third-order valence-corrected chi connectivity index (χ3v) is 1.47. The van der Waals surface area contributed by atoms with Crippen LogP contribution in [0.25, 0.3) is 0 Å². The molecule has 0 saturated heterocycles. The first kappa shape index (κ1) is 12.2. The molecule has 0 aliphatic carbocycles. The Hall–Kier alpha value is -0.830. The molecule has 13 heavy (non-hydrogen) atoms. The van der Waals surface area contributed by atoms with Gasteiger partial charge in [-0.1, -0.05) is 26.8 Å². The predicted octanol–water partition coefficient (Wildman–Crippen LogP) is 2.08. The van der Waals surface area contributed by atoms with Gasteiger partial charge in [0.1, 0.15) is 0 Å². The second-order valence-electron chi connectivity index (χ2n) is 4.13. The molecule has 0 amide bonds. The van der Waals surface area contributed by atoms with Crippen molar-refractivity contribution < 1.29 is 14.6 Å². The Bertz CT molecular complexity index is 177. The molecular formula is C10H18O3. The summed E-state index contributed by atoms with van der Waals surface area (Å²) in [6, 6.07) is 0. The summed E-state index contributed by atoms with van der Waals surface area (Å²) in [4.78, 5) is 10.0. The van der Waals surface area contributed by atoms with Gasteiger partial charge in [0.05, 0.1) is 6.61 Å². The molecule has 0 aromatic carbocycles. The van der Waals surface area contributed by atoms with Gasteiger partial charge in [0.25, 0.3) is 0 Å². The molecule has 0 fully saturated rings. The largest absolute Gasteiger partial charge is 0.478 e. The lowest BCUT2D eigenvalue weighted by Gasteiger charge is -2.17. The second-order valence-corrected chi connectivity index (χ2v) is 4.13. The van der Waals surface area contributed by atoms with Crippen LogP contribution in [-0.2, 0) is 9.53 Å². The molecule has 0 spiro atoms. The van der Waals surface area contributed by atoms with Crippen LogP contribution >= 0.6 is 0 Å². The number of carboxylic acids is 1. The second kappa shape index (κ2) is 5.75. The Morgan fingerprint density at radius 3 is 2.54 bits per heavy atom. The van der Waals surface area contributed by atoms with E-state index in [2.05, 4.69) is 20.8 Å². The molecular weight excluding hydrogens is 168 g/mol. The van der Waals surface area contributed by atoms with Crippen LogP contribution in [-0.4, -0.2) is 24.3 Å². The smallest absolute Gasteiger partial charge is 0.328 e. The van der Waals surface area contributed by atoms with Gasteiger partial charge in [-0.25, -0.2) is 4.79 Å². The molecule has 0 aliphatic heterocycles. The van der Waals surface area contributed by atoms with Gasteiger partial charge >= 0.3 is 5.97 Å². The summed E-state index contributed by atoms with van der Waals surface area (Å²) in [5.41, 5.74) is 0.274. The van der Waals surface area contributed by atoms with Crippen LogP contribution in [0.3, 0.4) is 0 Å². The summed E-state index contributed by atoms with van der Waals surface area (Å²) < 4.78 is 5.21. The van der Waals surface area contributed by atoms with Crippen molar-refractivity contribution in [2.24, 2.45) is 5.41 Å². The van der Waals surface area contributed by atoms with E-state index in [1.165, 1.54) is 6.08 Å². The van der Waals surface area contributed by atoms with Crippen LogP contribution in [0.15, 0.2) is 12.2 Å². The molecule has 76 valence electrons. The maximum absolute atomic E-state index is 10.0. The molecule has 0 atom stereocenters.